The summed E-state index contributed by atoms with van der Waals surface area (Å²) in [6, 6.07) is 5.59. The fraction of sp³-hybridized carbons (Fsp3) is 0.333. The molecule has 26 heavy (non-hydrogen) atoms. The quantitative estimate of drug-likeness (QED) is 0.519. The fourth-order valence-electron chi connectivity index (χ4n) is 3.14. The van der Waals surface area contributed by atoms with E-state index in [1.165, 1.54) is 30.3 Å². The summed E-state index contributed by atoms with van der Waals surface area (Å²) in [5.74, 6) is 0.0179. The SMILES string of the molecule is C=C1C2=C(CCCC2)C(Cl)=NN1C(=NC)c1cccc(OC(F)(F)F)c1. The van der Waals surface area contributed by atoms with Crippen molar-refractivity contribution in [1.82, 2.24) is 5.01 Å². The van der Waals surface area contributed by atoms with Crippen molar-refractivity contribution in [3.05, 3.63) is 53.3 Å². The normalized spacial score (nSPS) is 18.7. The highest BCUT2D eigenvalue weighted by Gasteiger charge is 2.32. The molecule has 0 N–H and O–H groups in total. The molecule has 138 valence electrons. The number of hydrazone groups is 1. The summed E-state index contributed by atoms with van der Waals surface area (Å²) >= 11 is 6.34. The molecule has 1 aliphatic heterocycles. The highest BCUT2D eigenvalue weighted by molar-refractivity contribution is 6.69. The van der Waals surface area contributed by atoms with E-state index in [-0.39, 0.29) is 5.75 Å². The standard InChI is InChI=1S/C18H17ClF3N3O/c1-11-14-8-3-4-9-15(14)16(19)24-25(11)17(23-2)12-6-5-7-13(10-12)26-18(20,21)22/h5-7,10H,1,3-4,8-9H2,2H3. The molecule has 0 unspecified atom stereocenters. The molecule has 0 spiro atoms. The molecule has 3 rings (SSSR count). The number of nitrogens with zero attached hydrogens (tertiary/aromatic N) is 3. The Kier molecular flexibility index (Phi) is 5.09. The van der Waals surface area contributed by atoms with Gasteiger partial charge < -0.3 is 4.74 Å². The average molecular weight is 384 g/mol. The summed E-state index contributed by atoms with van der Waals surface area (Å²) in [7, 11) is 1.54. The van der Waals surface area contributed by atoms with Crippen LogP contribution in [0.1, 0.15) is 31.2 Å². The third-order valence-corrected chi connectivity index (χ3v) is 4.55. The lowest BCUT2D eigenvalue weighted by Crippen LogP contribution is -2.32. The van der Waals surface area contributed by atoms with E-state index in [0.29, 0.717) is 22.3 Å². The Bertz CT molecular complexity index is 827. The number of ether oxygens (including phenoxy) is 1. The Hall–Kier alpha value is -2.28. The zero-order valence-corrected chi connectivity index (χ0v) is 14.9. The first-order valence-corrected chi connectivity index (χ1v) is 8.47. The van der Waals surface area contributed by atoms with Gasteiger partial charge in [-0.05, 0) is 49.0 Å². The van der Waals surface area contributed by atoms with E-state index in [4.69, 9.17) is 11.6 Å². The van der Waals surface area contributed by atoms with Gasteiger partial charge in [-0.1, -0.05) is 30.3 Å². The zero-order valence-electron chi connectivity index (χ0n) is 14.1. The second-order valence-electron chi connectivity index (χ2n) is 5.94. The third kappa shape index (κ3) is 3.77. The van der Waals surface area contributed by atoms with Gasteiger partial charge in [-0.2, -0.15) is 5.10 Å². The van der Waals surface area contributed by atoms with Gasteiger partial charge in [0.2, 0.25) is 0 Å². The lowest BCUT2D eigenvalue weighted by atomic mass is 9.89. The maximum absolute atomic E-state index is 12.5. The molecular weight excluding hydrogens is 367 g/mol. The van der Waals surface area contributed by atoms with Crippen molar-refractivity contribution in [3.63, 3.8) is 0 Å². The van der Waals surface area contributed by atoms with Crippen molar-refractivity contribution < 1.29 is 17.9 Å². The van der Waals surface area contributed by atoms with Crippen molar-refractivity contribution in [2.24, 2.45) is 10.1 Å². The third-order valence-electron chi connectivity index (χ3n) is 4.25. The van der Waals surface area contributed by atoms with Gasteiger partial charge in [-0.25, -0.2) is 5.01 Å². The molecule has 1 aromatic carbocycles. The monoisotopic (exact) mass is 383 g/mol. The fourth-order valence-corrected chi connectivity index (χ4v) is 3.43. The average Bonchev–Trinajstić information content (AvgIpc) is 2.59. The number of alkyl halides is 3. The Labute approximate surface area is 154 Å². The molecule has 0 saturated heterocycles. The summed E-state index contributed by atoms with van der Waals surface area (Å²) in [4.78, 5) is 4.20. The topological polar surface area (TPSA) is 37.2 Å². The van der Waals surface area contributed by atoms with E-state index in [0.717, 1.165) is 36.8 Å². The highest BCUT2D eigenvalue weighted by Crippen LogP contribution is 2.37. The van der Waals surface area contributed by atoms with Crippen LogP contribution in [0.5, 0.6) is 5.75 Å². The van der Waals surface area contributed by atoms with Gasteiger partial charge in [-0.15, -0.1) is 13.2 Å². The summed E-state index contributed by atoms with van der Waals surface area (Å²) in [5, 5.41) is 6.22. The molecule has 4 nitrogen and oxygen atoms in total. The van der Waals surface area contributed by atoms with Crippen molar-refractivity contribution in [2.75, 3.05) is 7.05 Å². The number of allylic oxidation sites excluding steroid dienone is 2. The number of halogens is 4. The number of amidine groups is 1. The molecule has 0 atom stereocenters. The predicted octanol–water partition coefficient (Wildman–Crippen LogP) is 5.21. The molecular formula is C18H17ClF3N3O. The van der Waals surface area contributed by atoms with Crippen LogP contribution in [0.25, 0.3) is 0 Å². The Morgan fingerprint density at radius 1 is 1.27 bits per heavy atom. The molecule has 8 heteroatoms. The van der Waals surface area contributed by atoms with E-state index in [1.54, 1.807) is 6.07 Å². The zero-order chi connectivity index (χ0) is 18.9. The summed E-state index contributed by atoms with van der Waals surface area (Å²) in [5.41, 5.74) is 3.08. The summed E-state index contributed by atoms with van der Waals surface area (Å²) < 4.78 is 41.5. The van der Waals surface area contributed by atoms with E-state index in [2.05, 4.69) is 21.4 Å². The Morgan fingerprint density at radius 2 is 1.96 bits per heavy atom. The van der Waals surface area contributed by atoms with Crippen LogP contribution in [-0.2, 0) is 0 Å². The smallest absolute Gasteiger partial charge is 0.406 e. The number of hydrogen-bond acceptors (Lipinski definition) is 3. The van der Waals surface area contributed by atoms with Gasteiger partial charge in [0.1, 0.15) is 5.75 Å². The lowest BCUT2D eigenvalue weighted by Gasteiger charge is -2.32. The van der Waals surface area contributed by atoms with Crippen LogP contribution in [0.4, 0.5) is 13.2 Å². The van der Waals surface area contributed by atoms with E-state index in [1.807, 2.05) is 0 Å². The molecule has 0 amide bonds. The minimum absolute atomic E-state index is 0.327. The minimum Gasteiger partial charge on any atom is -0.406 e. The second-order valence-corrected chi connectivity index (χ2v) is 6.29. The molecule has 1 heterocycles. The first-order valence-electron chi connectivity index (χ1n) is 8.09. The lowest BCUT2D eigenvalue weighted by molar-refractivity contribution is -0.274. The van der Waals surface area contributed by atoms with Gasteiger partial charge in [0.25, 0.3) is 0 Å². The number of aliphatic imine (C=N–C) groups is 1. The van der Waals surface area contributed by atoms with Crippen molar-refractivity contribution >= 4 is 22.6 Å². The van der Waals surface area contributed by atoms with Crippen LogP contribution >= 0.6 is 11.6 Å². The van der Waals surface area contributed by atoms with Gasteiger partial charge in [0, 0.05) is 12.6 Å². The molecule has 1 aromatic rings. The number of rotatable bonds is 2. The second kappa shape index (κ2) is 7.15. The molecule has 2 aliphatic rings. The van der Waals surface area contributed by atoms with Crippen LogP contribution in [0.3, 0.4) is 0 Å². The Balaban J connectivity index is 1.94. The van der Waals surface area contributed by atoms with Gasteiger partial charge >= 0.3 is 6.36 Å². The van der Waals surface area contributed by atoms with Gasteiger partial charge in [0.05, 0.1) is 5.70 Å². The molecule has 0 saturated carbocycles. The van der Waals surface area contributed by atoms with Crippen molar-refractivity contribution in [1.29, 1.82) is 0 Å². The summed E-state index contributed by atoms with van der Waals surface area (Å²) in [6.07, 6.45) is -1.00. The van der Waals surface area contributed by atoms with Crippen LogP contribution in [0, 0.1) is 0 Å². The molecule has 1 aliphatic carbocycles. The first-order chi connectivity index (χ1) is 12.3. The molecule has 0 fully saturated rings. The van der Waals surface area contributed by atoms with Gasteiger partial charge in [-0.3, -0.25) is 4.99 Å². The minimum atomic E-state index is -4.76. The maximum atomic E-state index is 12.5. The van der Waals surface area contributed by atoms with E-state index >= 15 is 0 Å². The molecule has 0 radical (unpaired) electrons. The van der Waals surface area contributed by atoms with Crippen LogP contribution in [0.15, 0.2) is 57.8 Å². The van der Waals surface area contributed by atoms with E-state index in [9.17, 15) is 13.2 Å². The van der Waals surface area contributed by atoms with Gasteiger partial charge in [0.15, 0.2) is 11.0 Å². The molecule has 0 aromatic heterocycles. The van der Waals surface area contributed by atoms with Crippen LogP contribution in [-0.4, -0.2) is 29.4 Å². The number of hydrogen-bond donors (Lipinski definition) is 0. The largest absolute Gasteiger partial charge is 0.573 e. The summed E-state index contributed by atoms with van der Waals surface area (Å²) in [6.45, 7) is 4.10. The first kappa shape index (κ1) is 18.5. The van der Waals surface area contributed by atoms with Crippen molar-refractivity contribution in [3.8, 4) is 5.75 Å². The Morgan fingerprint density at radius 3 is 2.62 bits per heavy atom. The number of benzene rings is 1. The predicted molar refractivity (Wildman–Crippen MR) is 95.3 cm³/mol. The van der Waals surface area contributed by atoms with Crippen molar-refractivity contribution in [2.45, 2.75) is 32.0 Å². The van der Waals surface area contributed by atoms with E-state index < -0.39 is 6.36 Å². The highest BCUT2D eigenvalue weighted by atomic mass is 35.5. The molecule has 0 bridgehead atoms. The maximum Gasteiger partial charge on any atom is 0.573 e. The van der Waals surface area contributed by atoms with Crippen LogP contribution < -0.4 is 4.74 Å². The van der Waals surface area contributed by atoms with Crippen LogP contribution in [0.2, 0.25) is 0 Å².